The van der Waals surface area contributed by atoms with E-state index in [0.717, 1.165) is 63.6 Å². The van der Waals surface area contributed by atoms with E-state index in [1.165, 1.54) is 24.6 Å². The van der Waals surface area contributed by atoms with Crippen molar-refractivity contribution in [1.29, 1.82) is 0 Å². The van der Waals surface area contributed by atoms with Crippen LogP contribution < -0.4 is 10.2 Å². The number of rotatable bonds is 8. The third-order valence-electron chi connectivity index (χ3n) is 6.74. The molecule has 32 heavy (non-hydrogen) atoms. The van der Waals surface area contributed by atoms with Crippen molar-refractivity contribution in [2.24, 2.45) is 5.92 Å². The van der Waals surface area contributed by atoms with Gasteiger partial charge in [-0.15, -0.1) is 0 Å². The number of piperazine rings is 1. The number of carbonyl (C=O) groups excluding carboxylic acids is 1. The molecule has 1 aromatic carbocycles. The van der Waals surface area contributed by atoms with E-state index in [4.69, 9.17) is 4.74 Å². The van der Waals surface area contributed by atoms with Crippen LogP contribution in [0.1, 0.15) is 41.0 Å². The summed E-state index contributed by atoms with van der Waals surface area (Å²) < 4.78 is 21.7. The summed E-state index contributed by atoms with van der Waals surface area (Å²) in [5.74, 6) is 0.470. The molecule has 3 heterocycles. The highest BCUT2D eigenvalue weighted by Gasteiger charge is 2.29. The van der Waals surface area contributed by atoms with Gasteiger partial charge in [0.05, 0.1) is 18.9 Å². The van der Waals surface area contributed by atoms with Crippen LogP contribution in [-0.2, 0) is 24.3 Å². The van der Waals surface area contributed by atoms with Crippen molar-refractivity contribution in [3.8, 4) is 0 Å². The number of ether oxygens (including phenoxy) is 1. The minimum Gasteiger partial charge on any atom is -0.376 e. The van der Waals surface area contributed by atoms with Crippen molar-refractivity contribution in [1.82, 2.24) is 20.0 Å². The molecule has 2 aliphatic heterocycles. The van der Waals surface area contributed by atoms with Gasteiger partial charge in [-0.2, -0.15) is 5.10 Å². The third-order valence-corrected chi connectivity index (χ3v) is 6.74. The van der Waals surface area contributed by atoms with E-state index in [0.29, 0.717) is 31.1 Å². The number of anilines is 1. The molecule has 5 rings (SSSR count). The number of nitrogens with one attached hydrogen (secondary N) is 1. The summed E-state index contributed by atoms with van der Waals surface area (Å²) in [5, 5.41) is 7.72. The van der Waals surface area contributed by atoms with E-state index in [9.17, 15) is 9.18 Å². The third kappa shape index (κ3) is 4.81. The van der Waals surface area contributed by atoms with Crippen LogP contribution >= 0.6 is 0 Å². The molecule has 1 saturated heterocycles. The van der Waals surface area contributed by atoms with Gasteiger partial charge in [0.25, 0.3) is 5.91 Å². The number of hydrogen-bond acceptors (Lipinski definition) is 5. The van der Waals surface area contributed by atoms with Gasteiger partial charge in [-0.25, -0.2) is 4.39 Å². The topological polar surface area (TPSA) is 62.6 Å². The number of para-hydroxylation sites is 1. The van der Waals surface area contributed by atoms with E-state index >= 15 is 0 Å². The highest BCUT2D eigenvalue weighted by Crippen LogP contribution is 2.32. The van der Waals surface area contributed by atoms with Crippen LogP contribution in [0.3, 0.4) is 0 Å². The van der Waals surface area contributed by atoms with Crippen molar-refractivity contribution in [3.05, 3.63) is 47.0 Å². The Hall–Kier alpha value is -2.45. The second kappa shape index (κ2) is 9.58. The number of amides is 1. The molecule has 1 aliphatic carbocycles. The maximum atomic E-state index is 14.0. The van der Waals surface area contributed by atoms with Crippen molar-refractivity contribution < 1.29 is 13.9 Å². The molecule has 0 bridgehead atoms. The zero-order chi connectivity index (χ0) is 21.9. The Balaban J connectivity index is 1.08. The van der Waals surface area contributed by atoms with Crippen LogP contribution in [0.5, 0.6) is 0 Å². The summed E-state index contributed by atoms with van der Waals surface area (Å²) in [4.78, 5) is 17.3. The molecule has 0 spiro atoms. The minimum atomic E-state index is -0.157. The molecular weight excluding hydrogens is 409 g/mol. The molecule has 1 amide bonds. The van der Waals surface area contributed by atoms with Gasteiger partial charge in [-0.3, -0.25) is 14.4 Å². The highest BCUT2D eigenvalue weighted by atomic mass is 19.1. The zero-order valence-corrected chi connectivity index (χ0v) is 18.6. The lowest BCUT2D eigenvalue weighted by molar-refractivity contribution is 0.0923. The molecular formula is C24H32FN5O2. The van der Waals surface area contributed by atoms with Gasteiger partial charge in [0, 0.05) is 56.9 Å². The lowest BCUT2D eigenvalue weighted by Gasteiger charge is -2.36. The lowest BCUT2D eigenvalue weighted by Crippen LogP contribution is -2.47. The van der Waals surface area contributed by atoms with Gasteiger partial charge in [-0.1, -0.05) is 12.1 Å². The lowest BCUT2D eigenvalue weighted by atomic mass is 10.1. The van der Waals surface area contributed by atoms with E-state index in [2.05, 4.69) is 24.9 Å². The van der Waals surface area contributed by atoms with Crippen LogP contribution in [0.4, 0.5) is 10.1 Å². The number of halogens is 1. The smallest absolute Gasteiger partial charge is 0.272 e. The Morgan fingerprint density at radius 1 is 1.19 bits per heavy atom. The van der Waals surface area contributed by atoms with Crippen molar-refractivity contribution in [2.45, 2.75) is 38.8 Å². The fourth-order valence-electron chi connectivity index (χ4n) is 4.70. The molecule has 8 heteroatoms. The summed E-state index contributed by atoms with van der Waals surface area (Å²) in [6, 6.07) is 6.97. The molecule has 1 N–H and O–H groups in total. The van der Waals surface area contributed by atoms with Crippen LogP contribution in [0.25, 0.3) is 0 Å². The largest absolute Gasteiger partial charge is 0.376 e. The maximum absolute atomic E-state index is 14.0. The van der Waals surface area contributed by atoms with Gasteiger partial charge in [0.15, 0.2) is 5.69 Å². The maximum Gasteiger partial charge on any atom is 0.272 e. The normalized spacial score (nSPS) is 19.1. The molecule has 1 aromatic heterocycles. The summed E-state index contributed by atoms with van der Waals surface area (Å²) in [6.07, 6.45) is 4.25. The number of nitrogens with zero attached hydrogens (tertiary/aromatic N) is 4. The Labute approximate surface area is 188 Å². The van der Waals surface area contributed by atoms with Crippen LogP contribution in [0, 0.1) is 11.7 Å². The molecule has 0 unspecified atom stereocenters. The van der Waals surface area contributed by atoms with E-state index < -0.39 is 0 Å². The number of fused-ring (bicyclic) bond motifs is 1. The quantitative estimate of drug-likeness (QED) is 0.638. The first-order valence-corrected chi connectivity index (χ1v) is 11.9. The van der Waals surface area contributed by atoms with E-state index in [1.807, 2.05) is 12.1 Å². The first-order valence-electron chi connectivity index (χ1n) is 11.9. The molecule has 2 aromatic rings. The zero-order valence-electron chi connectivity index (χ0n) is 18.6. The fourth-order valence-corrected chi connectivity index (χ4v) is 4.70. The average molecular weight is 442 g/mol. The van der Waals surface area contributed by atoms with Crippen molar-refractivity contribution >= 4 is 11.6 Å². The minimum absolute atomic E-state index is 0.0920. The summed E-state index contributed by atoms with van der Waals surface area (Å²) >= 11 is 0. The summed E-state index contributed by atoms with van der Waals surface area (Å²) in [5.41, 5.74) is 3.38. The predicted molar refractivity (Wildman–Crippen MR) is 120 cm³/mol. The predicted octanol–water partition coefficient (Wildman–Crippen LogP) is 2.45. The SMILES string of the molecule is O=C(NCCCN1CCN(c2ccccc2F)CC1)c1nn(CC2CC2)c2c1COCC2. The second-order valence-corrected chi connectivity index (χ2v) is 9.09. The molecule has 0 radical (unpaired) electrons. The molecule has 2 fully saturated rings. The van der Waals surface area contributed by atoms with E-state index in [1.54, 1.807) is 6.07 Å². The van der Waals surface area contributed by atoms with Gasteiger partial charge in [0.2, 0.25) is 0 Å². The Morgan fingerprint density at radius 3 is 2.78 bits per heavy atom. The Morgan fingerprint density at radius 2 is 2.00 bits per heavy atom. The highest BCUT2D eigenvalue weighted by molar-refractivity contribution is 5.94. The second-order valence-electron chi connectivity index (χ2n) is 9.09. The van der Waals surface area contributed by atoms with Gasteiger partial charge >= 0.3 is 0 Å². The Kier molecular flexibility index (Phi) is 6.41. The van der Waals surface area contributed by atoms with Crippen LogP contribution in [0.15, 0.2) is 24.3 Å². The number of aromatic nitrogens is 2. The monoisotopic (exact) mass is 441 g/mol. The fraction of sp³-hybridized carbons (Fsp3) is 0.583. The van der Waals surface area contributed by atoms with Crippen LogP contribution in [0.2, 0.25) is 0 Å². The summed E-state index contributed by atoms with van der Waals surface area (Å²) in [6.45, 7) is 7.09. The number of carbonyl (C=O) groups is 1. The summed E-state index contributed by atoms with van der Waals surface area (Å²) in [7, 11) is 0. The Bertz CT molecular complexity index is 950. The van der Waals surface area contributed by atoms with Gasteiger partial charge in [0.1, 0.15) is 5.82 Å². The molecule has 1 saturated carbocycles. The molecule has 3 aliphatic rings. The molecule has 172 valence electrons. The molecule has 7 nitrogen and oxygen atoms in total. The van der Waals surface area contributed by atoms with Crippen LogP contribution in [-0.4, -0.2) is 66.5 Å². The first kappa shape index (κ1) is 21.4. The van der Waals surface area contributed by atoms with Crippen molar-refractivity contribution in [3.63, 3.8) is 0 Å². The number of benzene rings is 1. The van der Waals surface area contributed by atoms with Gasteiger partial charge in [-0.05, 0) is 43.9 Å². The van der Waals surface area contributed by atoms with Gasteiger partial charge < -0.3 is 15.0 Å². The standard InChI is InChI=1S/C24H32FN5O2/c25-20-4-1-2-5-22(20)29-13-11-28(12-14-29)10-3-9-26-24(31)23-19-17-32-15-8-21(19)30(27-23)16-18-6-7-18/h1-2,4-5,18H,3,6-17H2,(H,26,31). The number of hydrogen-bond donors (Lipinski definition) is 1. The first-order chi connectivity index (χ1) is 15.7. The van der Waals surface area contributed by atoms with Crippen molar-refractivity contribution in [2.75, 3.05) is 50.8 Å². The average Bonchev–Trinajstić information content (AvgIpc) is 3.57. The van der Waals surface area contributed by atoms with E-state index in [-0.39, 0.29) is 11.7 Å². The molecule has 0 atom stereocenters.